The Morgan fingerprint density at radius 1 is 1.43 bits per heavy atom. The molecule has 0 aromatic heterocycles. The van der Waals surface area contributed by atoms with Crippen molar-refractivity contribution >= 4 is 23.4 Å². The van der Waals surface area contributed by atoms with E-state index >= 15 is 0 Å². The first kappa shape index (κ1) is 14.2. The molecular weight excluding hydrogens is 296 g/mol. The Kier molecular flexibility index (Phi) is 3.51. The van der Waals surface area contributed by atoms with Gasteiger partial charge in [-0.25, -0.2) is 0 Å². The first-order chi connectivity index (χ1) is 10.0. The van der Waals surface area contributed by atoms with Gasteiger partial charge in [0, 0.05) is 23.6 Å². The molecule has 2 atom stereocenters. The van der Waals surface area contributed by atoms with Crippen LogP contribution >= 0.6 is 11.6 Å². The molecule has 0 spiro atoms. The van der Waals surface area contributed by atoms with E-state index in [4.69, 9.17) is 16.3 Å². The predicted molar refractivity (Wildman–Crippen MR) is 75.0 cm³/mol. The molecule has 2 N–H and O–H groups in total. The predicted octanol–water partition coefficient (Wildman–Crippen LogP) is 0.901. The Balaban J connectivity index is 1.93. The molecule has 2 aliphatic rings. The maximum Gasteiger partial charge on any atom is 0.258 e. The van der Waals surface area contributed by atoms with Gasteiger partial charge in [-0.1, -0.05) is 11.6 Å². The van der Waals surface area contributed by atoms with Crippen LogP contribution in [0.2, 0.25) is 5.02 Å². The van der Waals surface area contributed by atoms with Crippen LogP contribution in [0.5, 0.6) is 5.75 Å². The van der Waals surface area contributed by atoms with E-state index in [0.717, 1.165) is 0 Å². The van der Waals surface area contributed by atoms with Crippen molar-refractivity contribution in [3.05, 3.63) is 28.3 Å². The van der Waals surface area contributed by atoms with E-state index in [1.165, 1.54) is 7.11 Å². The van der Waals surface area contributed by atoms with E-state index in [9.17, 15) is 14.7 Å². The number of nitrogens with one attached hydrogen (secondary N) is 1. The molecule has 2 aliphatic heterocycles. The van der Waals surface area contributed by atoms with Gasteiger partial charge in [-0.05, 0) is 18.6 Å². The molecule has 1 saturated heterocycles. The number of carbonyl (C=O) groups is 2. The number of fused-ring (bicyclic) bond motifs is 1. The molecular formula is C14H15ClN2O4. The highest BCUT2D eigenvalue weighted by Crippen LogP contribution is 2.37. The lowest BCUT2D eigenvalue weighted by Crippen LogP contribution is -2.55. The molecule has 1 aromatic rings. The molecule has 1 aromatic carbocycles. The zero-order chi connectivity index (χ0) is 15.1. The van der Waals surface area contributed by atoms with E-state index in [1.807, 2.05) is 0 Å². The van der Waals surface area contributed by atoms with Gasteiger partial charge in [-0.15, -0.1) is 0 Å². The van der Waals surface area contributed by atoms with E-state index < -0.39 is 12.3 Å². The monoisotopic (exact) mass is 310 g/mol. The fraction of sp³-hybridized carbons (Fsp3) is 0.429. The van der Waals surface area contributed by atoms with Gasteiger partial charge in [0.15, 0.2) is 0 Å². The molecule has 2 heterocycles. The topological polar surface area (TPSA) is 78.9 Å². The highest BCUT2D eigenvalue weighted by Gasteiger charge is 2.41. The van der Waals surface area contributed by atoms with E-state index in [0.29, 0.717) is 34.9 Å². The molecule has 112 valence electrons. The maximum absolute atomic E-state index is 12.6. The second kappa shape index (κ2) is 5.20. The lowest BCUT2D eigenvalue weighted by Gasteiger charge is -2.35. The zero-order valence-electron chi connectivity index (χ0n) is 11.4. The van der Waals surface area contributed by atoms with Crippen LogP contribution in [0.25, 0.3) is 0 Å². The number of nitrogens with zero attached hydrogens (tertiary/aromatic N) is 1. The van der Waals surface area contributed by atoms with Crippen LogP contribution in [0.1, 0.15) is 28.8 Å². The Morgan fingerprint density at radius 2 is 2.19 bits per heavy atom. The van der Waals surface area contributed by atoms with Crippen LogP contribution < -0.4 is 10.1 Å². The number of hydrogen-bond donors (Lipinski definition) is 2. The Labute approximate surface area is 126 Å². The molecule has 0 saturated carbocycles. The summed E-state index contributed by atoms with van der Waals surface area (Å²) in [6, 6.07) is 2.89. The average Bonchev–Trinajstić information content (AvgIpc) is 2.79. The maximum atomic E-state index is 12.6. The Morgan fingerprint density at radius 3 is 2.86 bits per heavy atom. The summed E-state index contributed by atoms with van der Waals surface area (Å²) in [4.78, 5) is 25.4. The number of methoxy groups -OCH3 is 1. The number of ether oxygens (including phenoxy) is 1. The molecule has 0 aliphatic carbocycles. The minimum atomic E-state index is -1.06. The standard InChI is InChI=1S/C14H15ClN2O4/c1-21-10-4-2-8(15)7-6-17(14(20)12(7)10)9-3-5-11(18)16-13(9)19/h2,4,9,13,19H,3,5-6H2,1H3,(H,16,18). The highest BCUT2D eigenvalue weighted by atomic mass is 35.5. The normalized spacial score (nSPS) is 24.8. The highest BCUT2D eigenvalue weighted by molar-refractivity contribution is 6.32. The van der Waals surface area contributed by atoms with Crippen molar-refractivity contribution in [1.29, 1.82) is 0 Å². The summed E-state index contributed by atoms with van der Waals surface area (Å²) in [5.74, 6) is 0.0271. The fourth-order valence-corrected chi connectivity index (χ4v) is 3.13. The molecule has 1 fully saturated rings. The third-order valence-corrected chi connectivity index (χ3v) is 4.34. The summed E-state index contributed by atoms with van der Waals surface area (Å²) in [6.07, 6.45) is -0.353. The van der Waals surface area contributed by atoms with Gasteiger partial charge in [0.2, 0.25) is 5.91 Å². The second-order valence-corrected chi connectivity index (χ2v) is 5.56. The van der Waals surface area contributed by atoms with E-state index in [-0.39, 0.29) is 18.2 Å². The molecule has 0 bridgehead atoms. The summed E-state index contributed by atoms with van der Waals surface area (Å²) in [5.41, 5.74) is 1.14. The smallest absolute Gasteiger partial charge is 0.258 e. The van der Waals surface area contributed by atoms with Gasteiger partial charge in [0.1, 0.15) is 12.0 Å². The molecule has 0 radical (unpaired) electrons. The first-order valence-electron chi connectivity index (χ1n) is 6.66. The van der Waals surface area contributed by atoms with Gasteiger partial charge in [0.25, 0.3) is 5.91 Å². The summed E-state index contributed by atoms with van der Waals surface area (Å²) >= 11 is 6.16. The lowest BCUT2D eigenvalue weighted by atomic mass is 10.0. The number of hydrogen-bond acceptors (Lipinski definition) is 4. The van der Waals surface area contributed by atoms with Crippen molar-refractivity contribution in [3.63, 3.8) is 0 Å². The quantitative estimate of drug-likeness (QED) is 0.851. The summed E-state index contributed by atoms with van der Waals surface area (Å²) < 4.78 is 5.22. The summed E-state index contributed by atoms with van der Waals surface area (Å²) in [6.45, 7) is 0.307. The summed E-state index contributed by atoms with van der Waals surface area (Å²) in [5, 5.41) is 13.0. The van der Waals surface area contributed by atoms with Crippen molar-refractivity contribution in [3.8, 4) is 5.75 Å². The number of aliphatic hydroxyl groups excluding tert-OH is 1. The largest absolute Gasteiger partial charge is 0.496 e. The minimum Gasteiger partial charge on any atom is -0.496 e. The van der Waals surface area contributed by atoms with Crippen LogP contribution in [0.4, 0.5) is 0 Å². The van der Waals surface area contributed by atoms with Gasteiger partial charge in [-0.2, -0.15) is 0 Å². The SMILES string of the molecule is COc1ccc(Cl)c2c1C(=O)N(C1CCC(=O)NC1O)C2. The molecule has 2 amide bonds. The van der Waals surface area contributed by atoms with Crippen molar-refractivity contribution in [2.75, 3.05) is 7.11 Å². The van der Waals surface area contributed by atoms with E-state index in [1.54, 1.807) is 17.0 Å². The minimum absolute atomic E-state index is 0.210. The number of amides is 2. The average molecular weight is 311 g/mol. The molecule has 3 rings (SSSR count). The second-order valence-electron chi connectivity index (χ2n) is 5.15. The number of carbonyl (C=O) groups excluding carboxylic acids is 2. The molecule has 21 heavy (non-hydrogen) atoms. The summed E-state index contributed by atoms with van der Waals surface area (Å²) in [7, 11) is 1.50. The van der Waals surface area contributed by atoms with Crippen molar-refractivity contribution in [1.82, 2.24) is 10.2 Å². The van der Waals surface area contributed by atoms with Gasteiger partial charge >= 0.3 is 0 Å². The first-order valence-corrected chi connectivity index (χ1v) is 7.04. The van der Waals surface area contributed by atoms with Gasteiger partial charge in [0.05, 0.1) is 18.7 Å². The van der Waals surface area contributed by atoms with Crippen molar-refractivity contribution in [2.45, 2.75) is 31.7 Å². The Bertz CT molecular complexity index is 619. The third kappa shape index (κ3) is 2.24. The zero-order valence-corrected chi connectivity index (χ0v) is 12.2. The van der Waals surface area contributed by atoms with Crippen LogP contribution in [0.3, 0.4) is 0 Å². The number of piperidine rings is 1. The van der Waals surface area contributed by atoms with Crippen LogP contribution in [0.15, 0.2) is 12.1 Å². The number of halogens is 1. The number of aliphatic hydroxyl groups is 1. The van der Waals surface area contributed by atoms with Crippen LogP contribution in [-0.2, 0) is 11.3 Å². The Hall–Kier alpha value is -1.79. The number of benzene rings is 1. The number of rotatable bonds is 2. The van der Waals surface area contributed by atoms with Gasteiger partial charge < -0.3 is 20.1 Å². The fourth-order valence-electron chi connectivity index (χ4n) is 2.91. The van der Waals surface area contributed by atoms with Crippen LogP contribution in [0, 0.1) is 0 Å². The molecule has 7 heteroatoms. The van der Waals surface area contributed by atoms with Crippen molar-refractivity contribution < 1.29 is 19.4 Å². The van der Waals surface area contributed by atoms with Crippen LogP contribution in [-0.4, -0.2) is 41.2 Å². The van der Waals surface area contributed by atoms with E-state index in [2.05, 4.69) is 5.32 Å². The molecule has 6 nitrogen and oxygen atoms in total. The lowest BCUT2D eigenvalue weighted by molar-refractivity contribution is -0.129. The van der Waals surface area contributed by atoms with Gasteiger partial charge in [-0.3, -0.25) is 9.59 Å². The molecule has 2 unspecified atom stereocenters. The third-order valence-electron chi connectivity index (χ3n) is 3.98. The van der Waals surface area contributed by atoms with Crippen molar-refractivity contribution in [2.24, 2.45) is 0 Å².